The number of hydrogen-bond donors (Lipinski definition) is 4. The first kappa shape index (κ1) is 44.5. The van der Waals surface area contributed by atoms with Gasteiger partial charge in [-0.3, -0.25) is 24.1 Å². The van der Waals surface area contributed by atoms with Crippen LogP contribution in [0.2, 0.25) is 0 Å². The number of rotatable bonds is 23. The maximum atomic E-state index is 13.1. The lowest BCUT2D eigenvalue weighted by molar-refractivity contribution is -0.138. The number of fused-ring (bicyclic) bond motifs is 3. The van der Waals surface area contributed by atoms with Crippen LogP contribution in [0.1, 0.15) is 59.7 Å². The molecule has 16 nitrogen and oxygen atoms in total. The Balaban J connectivity index is 0.00000385. The minimum Gasteiger partial charge on any atom is -0.389 e. The summed E-state index contributed by atoms with van der Waals surface area (Å²) in [7, 11) is 0. The Morgan fingerprint density at radius 3 is 2.19 bits per heavy atom. The minimum absolute atomic E-state index is 0.0335. The first-order valence-corrected chi connectivity index (χ1v) is 19.0. The van der Waals surface area contributed by atoms with Crippen molar-refractivity contribution >= 4 is 64.0 Å². The lowest BCUT2D eigenvalue weighted by atomic mass is 10.1. The summed E-state index contributed by atoms with van der Waals surface area (Å²) in [6.07, 6.45) is 0.292. The third kappa shape index (κ3) is 13.5. The van der Waals surface area contributed by atoms with Crippen molar-refractivity contribution < 1.29 is 43.2 Å². The molecule has 4 amide bonds. The average molecular weight is 776 g/mol. The highest BCUT2D eigenvalue weighted by molar-refractivity contribution is 7.81. The van der Waals surface area contributed by atoms with Gasteiger partial charge in [-0.1, -0.05) is 32.0 Å². The zero-order valence-electron chi connectivity index (χ0n) is 32.2. The van der Waals surface area contributed by atoms with Crippen molar-refractivity contribution in [1.82, 2.24) is 29.7 Å². The standard InChI is InChI=1S/C35H51N7O9S.C2H6/c1-4-40(22-27-39-31-32(42(27)23-35(2,3)47)24-7-5-6-8-25(24)38-33(31)36)29(44)10-13-48-15-17-50-19-20-51-18-16-49-14-11-37-28(43)9-12-41-30(45)21-26(52)34(41)46;1-2/h5-8,26,47,52H,4,9-23H2,1-3H3,(H2,36,38)(H,37,43);1-2H3. The van der Waals surface area contributed by atoms with Crippen LogP contribution in [0.25, 0.3) is 21.9 Å². The van der Waals surface area contributed by atoms with Crippen LogP contribution in [0.3, 0.4) is 0 Å². The van der Waals surface area contributed by atoms with Gasteiger partial charge in [0.2, 0.25) is 23.6 Å². The van der Waals surface area contributed by atoms with E-state index >= 15 is 0 Å². The SMILES string of the molecule is CC.CCN(Cc1nc2c(N)nc3ccccc3c2n1CC(C)(C)O)C(=O)CCOCCOCCOCCOCCNC(=O)CCN1C(=O)CC(S)C1=O. The number of pyridine rings is 1. The highest BCUT2D eigenvalue weighted by Crippen LogP contribution is 2.30. The van der Waals surface area contributed by atoms with Crippen LogP contribution < -0.4 is 11.1 Å². The van der Waals surface area contributed by atoms with E-state index in [0.717, 1.165) is 21.3 Å². The second-order valence-corrected chi connectivity index (χ2v) is 13.6. The number of benzene rings is 1. The quantitative estimate of drug-likeness (QED) is 0.0624. The Morgan fingerprint density at radius 1 is 0.981 bits per heavy atom. The summed E-state index contributed by atoms with van der Waals surface area (Å²) >= 11 is 4.06. The van der Waals surface area contributed by atoms with E-state index in [2.05, 4.69) is 22.9 Å². The first-order valence-electron chi connectivity index (χ1n) is 18.5. The molecule has 1 aliphatic heterocycles. The molecule has 1 saturated heterocycles. The molecule has 1 unspecified atom stereocenters. The maximum Gasteiger partial charge on any atom is 0.242 e. The van der Waals surface area contributed by atoms with Crippen molar-refractivity contribution in [2.24, 2.45) is 0 Å². The molecule has 1 fully saturated rings. The number of nitrogens with one attached hydrogen (secondary N) is 1. The molecule has 4 rings (SSSR count). The number of hydrogen-bond acceptors (Lipinski definition) is 13. The molecule has 1 atom stereocenters. The zero-order valence-corrected chi connectivity index (χ0v) is 33.1. The Hall–Kier alpha value is -3.87. The van der Waals surface area contributed by atoms with E-state index in [1.165, 1.54) is 0 Å². The van der Waals surface area contributed by atoms with Gasteiger partial charge in [0.05, 0.1) is 94.2 Å². The molecule has 1 aromatic carbocycles. The number of amides is 4. The van der Waals surface area contributed by atoms with Gasteiger partial charge in [0.25, 0.3) is 0 Å². The van der Waals surface area contributed by atoms with Crippen LogP contribution in [-0.2, 0) is 51.2 Å². The molecule has 0 radical (unpaired) electrons. The molecule has 0 spiro atoms. The molecular weight excluding hydrogens is 719 g/mol. The molecule has 0 bridgehead atoms. The molecule has 1 aliphatic rings. The Labute approximate surface area is 322 Å². The molecule has 3 aromatic rings. The number of aliphatic hydroxyl groups is 1. The number of imidazole rings is 1. The summed E-state index contributed by atoms with van der Waals surface area (Å²) in [5.41, 5.74) is 7.31. The van der Waals surface area contributed by atoms with Gasteiger partial charge in [-0.25, -0.2) is 9.97 Å². The molecule has 54 heavy (non-hydrogen) atoms. The summed E-state index contributed by atoms with van der Waals surface area (Å²) in [6.45, 7) is 13.4. The van der Waals surface area contributed by atoms with Crippen molar-refractivity contribution in [1.29, 1.82) is 0 Å². The lowest BCUT2D eigenvalue weighted by Crippen LogP contribution is -2.36. The number of imide groups is 1. The van der Waals surface area contributed by atoms with E-state index in [9.17, 15) is 24.3 Å². The Kier molecular flexibility index (Phi) is 18.5. The van der Waals surface area contributed by atoms with E-state index < -0.39 is 10.9 Å². The van der Waals surface area contributed by atoms with E-state index in [1.54, 1.807) is 18.7 Å². The van der Waals surface area contributed by atoms with E-state index in [1.807, 2.05) is 49.6 Å². The predicted molar refractivity (Wildman–Crippen MR) is 208 cm³/mol. The first-order chi connectivity index (χ1) is 25.9. The highest BCUT2D eigenvalue weighted by atomic mass is 32.1. The van der Waals surface area contributed by atoms with E-state index in [4.69, 9.17) is 29.7 Å². The Morgan fingerprint density at radius 2 is 1.59 bits per heavy atom. The third-order valence-electron chi connectivity index (χ3n) is 8.23. The number of carbonyl (C=O) groups is 4. The second kappa shape index (κ2) is 22.5. The fourth-order valence-electron chi connectivity index (χ4n) is 5.67. The summed E-state index contributed by atoms with van der Waals surface area (Å²) in [4.78, 5) is 60.7. The van der Waals surface area contributed by atoms with Gasteiger partial charge in [0.1, 0.15) is 11.3 Å². The largest absolute Gasteiger partial charge is 0.389 e. The average Bonchev–Trinajstić information content (AvgIpc) is 3.61. The molecular formula is C37H57N7O9S. The van der Waals surface area contributed by atoms with Gasteiger partial charge < -0.3 is 44.6 Å². The van der Waals surface area contributed by atoms with Crippen molar-refractivity contribution in [3.8, 4) is 0 Å². The molecule has 17 heteroatoms. The fraction of sp³-hybridized carbons (Fsp3) is 0.622. The number of thiol groups is 1. The van der Waals surface area contributed by atoms with Crippen LogP contribution in [0.5, 0.6) is 0 Å². The molecule has 300 valence electrons. The highest BCUT2D eigenvalue weighted by Gasteiger charge is 2.36. The van der Waals surface area contributed by atoms with Crippen LogP contribution in [0, 0.1) is 0 Å². The summed E-state index contributed by atoms with van der Waals surface area (Å²) in [5, 5.41) is 13.7. The van der Waals surface area contributed by atoms with Crippen molar-refractivity contribution in [3.63, 3.8) is 0 Å². The zero-order chi connectivity index (χ0) is 39.7. The molecule has 4 N–H and O–H groups in total. The van der Waals surface area contributed by atoms with Gasteiger partial charge in [0.15, 0.2) is 5.82 Å². The predicted octanol–water partition coefficient (Wildman–Crippen LogP) is 2.33. The summed E-state index contributed by atoms with van der Waals surface area (Å²) in [6, 6.07) is 7.65. The fourth-order valence-corrected chi connectivity index (χ4v) is 5.97. The van der Waals surface area contributed by atoms with Gasteiger partial charge in [-0.15, -0.1) is 0 Å². The minimum atomic E-state index is -1.04. The topological polar surface area (TPSA) is 201 Å². The summed E-state index contributed by atoms with van der Waals surface area (Å²) in [5.74, 6) is -0.110. The van der Waals surface area contributed by atoms with Crippen LogP contribution in [0.15, 0.2) is 24.3 Å². The maximum absolute atomic E-state index is 13.1. The van der Waals surface area contributed by atoms with Gasteiger partial charge >= 0.3 is 0 Å². The second-order valence-electron chi connectivity index (χ2n) is 12.9. The number of carbonyl (C=O) groups excluding carboxylic acids is 4. The van der Waals surface area contributed by atoms with Crippen LogP contribution >= 0.6 is 12.6 Å². The number of para-hydroxylation sites is 1. The molecule has 2 aromatic heterocycles. The van der Waals surface area contributed by atoms with E-state index in [-0.39, 0.29) is 69.1 Å². The lowest BCUT2D eigenvalue weighted by Gasteiger charge is -2.24. The number of likely N-dealkylation sites (tertiary alicyclic amines) is 1. The normalized spacial score (nSPS) is 14.5. The van der Waals surface area contributed by atoms with Crippen molar-refractivity contribution in [3.05, 3.63) is 30.1 Å². The monoisotopic (exact) mass is 775 g/mol. The smallest absolute Gasteiger partial charge is 0.242 e. The van der Waals surface area contributed by atoms with Crippen molar-refractivity contribution in [2.75, 3.05) is 78.2 Å². The van der Waals surface area contributed by atoms with Crippen molar-refractivity contribution in [2.45, 2.75) is 77.8 Å². The van der Waals surface area contributed by atoms with Gasteiger partial charge in [-0.05, 0) is 26.8 Å². The molecule has 0 saturated carbocycles. The molecule has 3 heterocycles. The summed E-state index contributed by atoms with van der Waals surface area (Å²) < 4.78 is 24.0. The number of nitrogen functional groups attached to an aromatic ring is 1. The van der Waals surface area contributed by atoms with Crippen LogP contribution in [-0.4, -0.2) is 136 Å². The number of anilines is 1. The molecule has 0 aliphatic carbocycles. The van der Waals surface area contributed by atoms with E-state index in [0.29, 0.717) is 76.5 Å². The number of nitrogens with two attached hydrogens (primary N) is 1. The number of nitrogens with zero attached hydrogens (tertiary/aromatic N) is 5. The number of ether oxygens (including phenoxy) is 4. The van der Waals surface area contributed by atoms with Gasteiger partial charge in [-0.2, -0.15) is 12.6 Å². The van der Waals surface area contributed by atoms with Crippen LogP contribution in [0.4, 0.5) is 5.82 Å². The van der Waals surface area contributed by atoms with Gasteiger partial charge in [0, 0.05) is 37.9 Å². The Bertz CT molecular complexity index is 1680. The number of aromatic nitrogens is 3. The third-order valence-corrected chi connectivity index (χ3v) is 8.63.